The number of hydrogen-bond acceptors (Lipinski definition) is 1. The van der Waals surface area contributed by atoms with Crippen LogP contribution in [0.15, 0.2) is 0 Å². The van der Waals surface area contributed by atoms with Gasteiger partial charge in [-0.15, -0.1) is 11.6 Å². The van der Waals surface area contributed by atoms with Gasteiger partial charge in [-0.05, 0) is 38.3 Å². The maximum Gasteiger partial charge on any atom is 0.204 e. The highest BCUT2D eigenvalue weighted by Crippen LogP contribution is 2.46. The van der Waals surface area contributed by atoms with E-state index in [1.54, 1.807) is 0 Å². The minimum atomic E-state index is -1.25. The van der Waals surface area contributed by atoms with E-state index < -0.39 is 7.20 Å². The minimum Gasteiger partial charge on any atom is -0.367 e. The van der Waals surface area contributed by atoms with Crippen molar-refractivity contribution in [1.82, 2.24) is 0 Å². The lowest BCUT2D eigenvalue weighted by atomic mass is 10.3. The quantitative estimate of drug-likeness (QED) is 0.763. The molecule has 0 saturated carbocycles. The van der Waals surface area contributed by atoms with Gasteiger partial charge in [-0.2, -0.15) is 0 Å². The van der Waals surface area contributed by atoms with E-state index in [1.165, 1.54) is 0 Å². The molecule has 0 aromatic heterocycles. The van der Waals surface area contributed by atoms with Crippen LogP contribution in [0, 0.1) is 0 Å². The van der Waals surface area contributed by atoms with Crippen molar-refractivity contribution in [3.63, 3.8) is 0 Å². The second-order valence-electron chi connectivity index (χ2n) is 1.60. The standard InChI is InChI=1S/C4H6Br3ClO/c1-2-3(5,8)4(6,7)9/h9H,2H2,1H3. The zero-order chi connectivity index (χ0) is 7.71. The van der Waals surface area contributed by atoms with Gasteiger partial charge in [0, 0.05) is 0 Å². The van der Waals surface area contributed by atoms with E-state index in [2.05, 4.69) is 47.8 Å². The first kappa shape index (κ1) is 10.7. The lowest BCUT2D eigenvalue weighted by Gasteiger charge is -2.27. The Morgan fingerprint density at radius 2 is 1.78 bits per heavy atom. The number of aliphatic hydroxyl groups is 1. The van der Waals surface area contributed by atoms with E-state index >= 15 is 0 Å². The molecular weight excluding hydrogens is 339 g/mol. The predicted molar refractivity (Wildman–Crippen MR) is 50.6 cm³/mol. The lowest BCUT2D eigenvalue weighted by molar-refractivity contribution is 0.227. The summed E-state index contributed by atoms with van der Waals surface area (Å²) in [5.74, 6) is 0. The fourth-order valence-corrected chi connectivity index (χ4v) is 0.773. The van der Waals surface area contributed by atoms with Crippen molar-refractivity contribution >= 4 is 59.4 Å². The topological polar surface area (TPSA) is 20.2 Å². The third-order valence-electron chi connectivity index (χ3n) is 0.884. The van der Waals surface area contributed by atoms with Crippen molar-refractivity contribution in [2.75, 3.05) is 0 Å². The maximum atomic E-state index is 9.20. The summed E-state index contributed by atoms with van der Waals surface area (Å²) in [6.45, 7) is 1.86. The van der Waals surface area contributed by atoms with Crippen LogP contribution in [0.1, 0.15) is 13.3 Å². The van der Waals surface area contributed by atoms with Crippen LogP contribution in [-0.2, 0) is 0 Å². The smallest absolute Gasteiger partial charge is 0.204 e. The number of hydrogen-bond donors (Lipinski definition) is 1. The van der Waals surface area contributed by atoms with Crippen molar-refractivity contribution in [2.45, 2.75) is 20.5 Å². The molecule has 0 radical (unpaired) electrons. The Labute approximate surface area is 84.5 Å². The molecule has 0 bridgehead atoms. The number of halogens is 4. The summed E-state index contributed by atoms with van der Waals surface area (Å²) in [7, 11) is 0. The van der Waals surface area contributed by atoms with Crippen LogP contribution >= 0.6 is 59.4 Å². The van der Waals surface area contributed by atoms with Gasteiger partial charge in [0.1, 0.15) is 3.78 Å². The zero-order valence-electron chi connectivity index (χ0n) is 4.67. The summed E-state index contributed by atoms with van der Waals surface area (Å²) in [5.41, 5.74) is 0. The Hall–Kier alpha value is 1.69. The summed E-state index contributed by atoms with van der Waals surface area (Å²) in [6.07, 6.45) is 0.599. The Morgan fingerprint density at radius 3 is 1.78 bits per heavy atom. The maximum absolute atomic E-state index is 9.20. The van der Waals surface area contributed by atoms with Crippen LogP contribution in [0.4, 0.5) is 0 Å². The molecule has 0 aromatic carbocycles. The van der Waals surface area contributed by atoms with E-state index in [1.807, 2.05) is 6.92 Å². The van der Waals surface area contributed by atoms with Crippen molar-refractivity contribution < 1.29 is 5.11 Å². The molecule has 1 N–H and O–H groups in total. The van der Waals surface area contributed by atoms with E-state index in [-0.39, 0.29) is 0 Å². The molecule has 56 valence electrons. The van der Waals surface area contributed by atoms with Gasteiger partial charge in [0.2, 0.25) is 3.42 Å². The molecule has 0 spiro atoms. The van der Waals surface area contributed by atoms with E-state index in [9.17, 15) is 5.11 Å². The normalized spacial score (nSPS) is 19.3. The summed E-state index contributed by atoms with van der Waals surface area (Å²) in [6, 6.07) is 0. The molecule has 1 unspecified atom stereocenters. The fraction of sp³-hybridized carbons (Fsp3) is 1.00. The van der Waals surface area contributed by atoms with E-state index in [0.29, 0.717) is 6.42 Å². The average Bonchev–Trinajstić information content (AvgIpc) is 1.64. The second kappa shape index (κ2) is 3.39. The molecular formula is C4H6Br3ClO. The summed E-state index contributed by atoms with van der Waals surface area (Å²) in [5, 5.41) is 9.20. The molecule has 0 aromatic rings. The molecule has 1 nitrogen and oxygen atoms in total. The van der Waals surface area contributed by atoms with Crippen LogP contribution in [0.25, 0.3) is 0 Å². The minimum absolute atomic E-state index is 0.599. The first-order valence-corrected chi connectivity index (χ1v) is 5.05. The molecule has 0 heterocycles. The number of alkyl halides is 4. The Kier molecular flexibility index (Phi) is 4.03. The van der Waals surface area contributed by atoms with Crippen molar-refractivity contribution in [3.05, 3.63) is 0 Å². The summed E-state index contributed by atoms with van der Waals surface area (Å²) < 4.78 is -2.09. The summed E-state index contributed by atoms with van der Waals surface area (Å²) >= 11 is 14.8. The Bertz CT molecular complexity index is 98.5. The Morgan fingerprint density at radius 1 is 1.44 bits per heavy atom. The molecule has 0 fully saturated rings. The molecule has 0 aliphatic heterocycles. The van der Waals surface area contributed by atoms with Gasteiger partial charge in [0.05, 0.1) is 0 Å². The molecule has 0 saturated heterocycles. The zero-order valence-corrected chi connectivity index (χ0v) is 10.2. The highest BCUT2D eigenvalue weighted by Gasteiger charge is 2.42. The molecule has 0 amide bonds. The Balaban J connectivity index is 4.14. The van der Waals surface area contributed by atoms with Gasteiger partial charge in [0.25, 0.3) is 0 Å². The highest BCUT2D eigenvalue weighted by atomic mass is 79.9. The molecule has 0 aliphatic rings. The van der Waals surface area contributed by atoms with Crippen molar-refractivity contribution in [3.8, 4) is 0 Å². The molecule has 5 heteroatoms. The monoisotopic (exact) mass is 342 g/mol. The van der Waals surface area contributed by atoms with E-state index in [4.69, 9.17) is 11.6 Å². The predicted octanol–water partition coefficient (Wildman–Crippen LogP) is 3.16. The summed E-state index contributed by atoms with van der Waals surface area (Å²) in [4.78, 5) is 0. The van der Waals surface area contributed by atoms with Crippen LogP contribution in [-0.4, -0.2) is 12.3 Å². The molecule has 0 rings (SSSR count). The third-order valence-corrected chi connectivity index (χ3v) is 5.43. The molecule has 0 aliphatic carbocycles. The molecule has 9 heavy (non-hydrogen) atoms. The van der Waals surface area contributed by atoms with E-state index in [0.717, 1.165) is 0 Å². The number of rotatable bonds is 2. The SMILES string of the molecule is CCC(Cl)(Br)C(O)(Br)Br. The largest absolute Gasteiger partial charge is 0.367 e. The van der Waals surface area contributed by atoms with Gasteiger partial charge in [-0.25, -0.2) is 0 Å². The van der Waals surface area contributed by atoms with Crippen molar-refractivity contribution in [2.24, 2.45) is 0 Å². The molecule has 1 atom stereocenters. The van der Waals surface area contributed by atoms with Gasteiger partial charge in [0.15, 0.2) is 0 Å². The lowest BCUT2D eigenvalue weighted by Crippen LogP contribution is -2.33. The fourth-order valence-electron chi connectivity index (χ4n) is 0.213. The van der Waals surface area contributed by atoms with Crippen LogP contribution < -0.4 is 0 Å². The van der Waals surface area contributed by atoms with Crippen LogP contribution in [0.3, 0.4) is 0 Å². The highest BCUT2D eigenvalue weighted by molar-refractivity contribution is 9.26. The van der Waals surface area contributed by atoms with Gasteiger partial charge < -0.3 is 5.11 Å². The van der Waals surface area contributed by atoms with Gasteiger partial charge in [-0.1, -0.05) is 22.9 Å². The first-order chi connectivity index (χ1) is 3.81. The van der Waals surface area contributed by atoms with Gasteiger partial charge in [-0.3, -0.25) is 0 Å². The third kappa shape index (κ3) is 3.06. The van der Waals surface area contributed by atoms with Gasteiger partial charge >= 0.3 is 0 Å². The second-order valence-corrected chi connectivity index (χ2v) is 7.41. The van der Waals surface area contributed by atoms with Crippen LogP contribution in [0.2, 0.25) is 0 Å². The average molecular weight is 345 g/mol. The van der Waals surface area contributed by atoms with Crippen molar-refractivity contribution in [1.29, 1.82) is 0 Å². The first-order valence-electron chi connectivity index (χ1n) is 2.29. The van der Waals surface area contributed by atoms with Crippen LogP contribution in [0.5, 0.6) is 0 Å².